The van der Waals surface area contributed by atoms with Crippen LogP contribution < -0.4 is 5.43 Å². The van der Waals surface area contributed by atoms with Gasteiger partial charge in [0.1, 0.15) is 6.04 Å². The molecule has 1 aliphatic rings. The van der Waals surface area contributed by atoms with Crippen molar-refractivity contribution in [1.29, 1.82) is 0 Å². The molecule has 29 heavy (non-hydrogen) atoms. The lowest BCUT2D eigenvalue weighted by atomic mass is 10.0. The largest absolute Gasteiger partial charge is 0.326 e. The van der Waals surface area contributed by atoms with E-state index in [1.807, 2.05) is 72.1 Å². The molecule has 1 saturated heterocycles. The first-order valence-electron chi connectivity index (χ1n) is 9.57. The maximum atomic E-state index is 12.9. The smallest absolute Gasteiger partial charge is 0.264 e. The summed E-state index contributed by atoms with van der Waals surface area (Å²) in [6.45, 7) is 0.586. The second kappa shape index (κ2) is 8.84. The highest BCUT2D eigenvalue weighted by atomic mass is 32.1. The van der Waals surface area contributed by atoms with Crippen LogP contribution in [-0.2, 0) is 4.79 Å². The van der Waals surface area contributed by atoms with Crippen molar-refractivity contribution in [3.8, 4) is 0 Å². The van der Waals surface area contributed by atoms with Gasteiger partial charge < -0.3 is 4.90 Å². The lowest BCUT2D eigenvalue weighted by Gasteiger charge is -2.22. The molecule has 1 N–H and O–H groups in total. The Hall–Kier alpha value is -3.25. The topological polar surface area (TPSA) is 61.8 Å². The summed E-state index contributed by atoms with van der Waals surface area (Å²) < 4.78 is 0. The molecule has 5 nitrogen and oxygen atoms in total. The van der Waals surface area contributed by atoms with Gasteiger partial charge in [-0.15, -0.1) is 11.3 Å². The van der Waals surface area contributed by atoms with Gasteiger partial charge in [-0.2, -0.15) is 5.10 Å². The minimum Gasteiger partial charge on any atom is -0.326 e. The predicted octanol–water partition coefficient (Wildman–Crippen LogP) is 3.92. The number of hydrogen-bond acceptors (Lipinski definition) is 4. The lowest BCUT2D eigenvalue weighted by Crippen LogP contribution is -2.44. The molecule has 1 atom stereocenters. The van der Waals surface area contributed by atoms with Crippen molar-refractivity contribution in [2.45, 2.75) is 18.9 Å². The highest BCUT2D eigenvalue weighted by Crippen LogP contribution is 2.22. The Morgan fingerprint density at radius 2 is 1.59 bits per heavy atom. The van der Waals surface area contributed by atoms with Gasteiger partial charge in [0.2, 0.25) is 0 Å². The van der Waals surface area contributed by atoms with Crippen molar-refractivity contribution in [3.05, 3.63) is 94.2 Å². The molecule has 0 bridgehead atoms. The van der Waals surface area contributed by atoms with E-state index in [0.717, 1.165) is 17.5 Å². The summed E-state index contributed by atoms with van der Waals surface area (Å²) >= 11 is 1.39. The molecular weight excluding hydrogens is 382 g/mol. The molecule has 2 heterocycles. The number of hydrazone groups is 1. The van der Waals surface area contributed by atoms with Crippen LogP contribution in [0.2, 0.25) is 0 Å². The number of amides is 2. The number of carbonyl (C=O) groups is 2. The minimum atomic E-state index is -0.499. The number of nitrogens with one attached hydrogen (secondary N) is 1. The summed E-state index contributed by atoms with van der Waals surface area (Å²) in [5, 5.41) is 6.32. The van der Waals surface area contributed by atoms with Crippen LogP contribution in [0.1, 0.15) is 33.6 Å². The molecule has 6 heteroatoms. The third-order valence-electron chi connectivity index (χ3n) is 4.92. The number of benzene rings is 2. The summed E-state index contributed by atoms with van der Waals surface area (Å²) in [6.07, 6.45) is 1.45. The van der Waals surface area contributed by atoms with Crippen LogP contribution in [0.25, 0.3) is 0 Å². The molecule has 2 aromatic carbocycles. The molecule has 0 aliphatic carbocycles. The third-order valence-corrected chi connectivity index (χ3v) is 5.78. The maximum absolute atomic E-state index is 12.9. The Labute approximate surface area is 173 Å². The molecular formula is C23H21N3O2S. The van der Waals surface area contributed by atoms with Crippen molar-refractivity contribution >= 4 is 28.9 Å². The highest BCUT2D eigenvalue weighted by molar-refractivity contribution is 7.12. The zero-order valence-corrected chi connectivity index (χ0v) is 16.6. The molecule has 0 unspecified atom stereocenters. The summed E-state index contributed by atoms with van der Waals surface area (Å²) in [7, 11) is 0. The summed E-state index contributed by atoms with van der Waals surface area (Å²) in [4.78, 5) is 27.9. The normalized spacial score (nSPS) is 15.7. The Morgan fingerprint density at radius 1 is 0.931 bits per heavy atom. The van der Waals surface area contributed by atoms with Crippen LogP contribution in [0.15, 0.2) is 83.3 Å². The number of likely N-dealkylation sites (tertiary alicyclic amines) is 1. The summed E-state index contributed by atoms with van der Waals surface area (Å²) in [5.74, 6) is -0.343. The van der Waals surface area contributed by atoms with Gasteiger partial charge in [0, 0.05) is 17.7 Å². The zero-order valence-electron chi connectivity index (χ0n) is 15.8. The van der Waals surface area contributed by atoms with Crippen LogP contribution in [-0.4, -0.2) is 35.0 Å². The Kier molecular flexibility index (Phi) is 5.81. The van der Waals surface area contributed by atoms with Gasteiger partial charge in [-0.25, -0.2) is 5.43 Å². The molecule has 3 aromatic rings. The Balaban J connectivity index is 1.55. The Morgan fingerprint density at radius 3 is 2.17 bits per heavy atom. The minimum absolute atomic E-state index is 0.0898. The monoisotopic (exact) mass is 403 g/mol. The second-order valence-electron chi connectivity index (χ2n) is 6.80. The quantitative estimate of drug-likeness (QED) is 0.518. The Bertz CT molecular complexity index is 960. The first kappa shape index (κ1) is 19.1. The summed E-state index contributed by atoms with van der Waals surface area (Å²) in [5.41, 5.74) is 5.23. The van der Waals surface area contributed by atoms with Gasteiger partial charge in [0.15, 0.2) is 0 Å². The van der Waals surface area contributed by atoms with Gasteiger partial charge in [0.25, 0.3) is 11.8 Å². The number of thiophene rings is 1. The van der Waals surface area contributed by atoms with E-state index >= 15 is 0 Å². The van der Waals surface area contributed by atoms with Gasteiger partial charge >= 0.3 is 0 Å². The van der Waals surface area contributed by atoms with E-state index in [9.17, 15) is 9.59 Å². The fourth-order valence-electron chi connectivity index (χ4n) is 3.50. The highest BCUT2D eigenvalue weighted by Gasteiger charge is 2.34. The summed E-state index contributed by atoms with van der Waals surface area (Å²) in [6, 6.07) is 22.6. The molecule has 4 rings (SSSR count). The van der Waals surface area contributed by atoms with Gasteiger partial charge in [-0.3, -0.25) is 9.59 Å². The van der Waals surface area contributed by atoms with Crippen LogP contribution >= 0.6 is 11.3 Å². The van der Waals surface area contributed by atoms with Crippen molar-refractivity contribution in [1.82, 2.24) is 10.3 Å². The predicted molar refractivity (Wildman–Crippen MR) is 115 cm³/mol. The molecule has 0 saturated carbocycles. The van der Waals surface area contributed by atoms with E-state index in [1.165, 1.54) is 11.3 Å². The van der Waals surface area contributed by atoms with Gasteiger partial charge in [-0.05, 0) is 24.3 Å². The van der Waals surface area contributed by atoms with E-state index in [0.29, 0.717) is 23.6 Å². The number of hydrogen-bond donors (Lipinski definition) is 1. The average Bonchev–Trinajstić information content (AvgIpc) is 3.47. The molecule has 1 aliphatic heterocycles. The van der Waals surface area contributed by atoms with E-state index in [2.05, 4.69) is 10.5 Å². The average molecular weight is 404 g/mol. The zero-order chi connectivity index (χ0) is 20.1. The molecule has 1 aromatic heterocycles. The SMILES string of the molecule is O=C(NN=C(c1ccccc1)c1ccccc1)[C@@H]1CCCN1C(=O)c1cccs1. The van der Waals surface area contributed by atoms with Crippen LogP contribution in [0.3, 0.4) is 0 Å². The molecule has 146 valence electrons. The van der Waals surface area contributed by atoms with E-state index in [1.54, 1.807) is 11.0 Å². The lowest BCUT2D eigenvalue weighted by molar-refractivity contribution is -0.124. The second-order valence-corrected chi connectivity index (χ2v) is 7.75. The standard InChI is InChI=1S/C23H21N3O2S/c27-22(19-13-7-15-26(19)23(28)20-14-8-16-29-20)25-24-21(17-9-3-1-4-10-17)18-11-5-2-6-12-18/h1-6,8-12,14,16,19H,7,13,15H2,(H,25,27)/t19-/m0/s1. The van der Waals surface area contributed by atoms with Gasteiger partial charge in [-0.1, -0.05) is 66.7 Å². The fraction of sp³-hybridized carbons (Fsp3) is 0.174. The van der Waals surface area contributed by atoms with E-state index in [4.69, 9.17) is 0 Å². The van der Waals surface area contributed by atoms with Crippen LogP contribution in [0.4, 0.5) is 0 Å². The first-order chi connectivity index (χ1) is 14.2. The van der Waals surface area contributed by atoms with Crippen LogP contribution in [0, 0.1) is 0 Å². The molecule has 0 radical (unpaired) electrons. The van der Waals surface area contributed by atoms with Gasteiger partial charge in [0.05, 0.1) is 10.6 Å². The van der Waals surface area contributed by atoms with Crippen molar-refractivity contribution in [2.24, 2.45) is 5.10 Å². The number of rotatable bonds is 5. The maximum Gasteiger partial charge on any atom is 0.264 e. The van der Waals surface area contributed by atoms with E-state index in [-0.39, 0.29) is 11.8 Å². The number of carbonyl (C=O) groups excluding carboxylic acids is 2. The van der Waals surface area contributed by atoms with Crippen molar-refractivity contribution in [3.63, 3.8) is 0 Å². The van der Waals surface area contributed by atoms with Crippen molar-refractivity contribution in [2.75, 3.05) is 6.54 Å². The fourth-order valence-corrected chi connectivity index (χ4v) is 4.18. The first-order valence-corrected chi connectivity index (χ1v) is 10.4. The molecule has 1 fully saturated rings. The molecule has 2 amide bonds. The molecule has 0 spiro atoms. The third kappa shape index (κ3) is 4.27. The van der Waals surface area contributed by atoms with Crippen molar-refractivity contribution < 1.29 is 9.59 Å². The number of nitrogens with zero attached hydrogens (tertiary/aromatic N) is 2. The van der Waals surface area contributed by atoms with E-state index < -0.39 is 6.04 Å². The van der Waals surface area contributed by atoms with Crippen LogP contribution in [0.5, 0.6) is 0 Å².